The molecule has 1 aliphatic carbocycles. The van der Waals surface area contributed by atoms with Crippen molar-refractivity contribution in [3.8, 4) is 11.7 Å². The average molecular weight is 345 g/mol. The number of hydrogen-bond donors (Lipinski definition) is 1. The van der Waals surface area contributed by atoms with Gasteiger partial charge in [0.1, 0.15) is 11.6 Å². The maximum atomic E-state index is 12.4. The van der Waals surface area contributed by atoms with Crippen LogP contribution in [0.15, 0.2) is 35.1 Å². The van der Waals surface area contributed by atoms with E-state index in [1.165, 1.54) is 18.2 Å². The number of ether oxygens (including phenoxy) is 1. The lowest BCUT2D eigenvalue weighted by atomic mass is 10.2. The summed E-state index contributed by atoms with van der Waals surface area (Å²) in [6, 6.07) is 7.84. The highest BCUT2D eigenvalue weighted by molar-refractivity contribution is 5.86. The maximum Gasteiger partial charge on any atom is 0.388 e. The quantitative estimate of drug-likeness (QED) is 0.779. The monoisotopic (exact) mass is 345 g/mol. The summed E-state index contributed by atoms with van der Waals surface area (Å²) in [5.41, 5.74) is 6.29. The third-order valence-corrected chi connectivity index (χ3v) is 3.94. The minimum atomic E-state index is -3.01. The Labute approximate surface area is 140 Å². The highest BCUT2D eigenvalue weighted by Gasteiger charge is 2.26. The standard InChI is InChI=1S/C16H13F2N5O2/c17-15(18)25-12-3-1-2-11(21-12)23-14-9(13(19)22-16(23)24)6-7-10(20-14)8-4-5-8/h1-3,6-8,15H,4-5H2,(H2,19,22,24). The van der Waals surface area contributed by atoms with Crippen LogP contribution in [0.25, 0.3) is 16.9 Å². The molecule has 9 heteroatoms. The Morgan fingerprint density at radius 1 is 1.16 bits per heavy atom. The Morgan fingerprint density at radius 3 is 2.68 bits per heavy atom. The Hall–Kier alpha value is -3.10. The van der Waals surface area contributed by atoms with Gasteiger partial charge in [-0.1, -0.05) is 6.07 Å². The molecule has 1 aliphatic rings. The summed E-state index contributed by atoms with van der Waals surface area (Å²) >= 11 is 0. The molecule has 4 rings (SSSR count). The first-order valence-corrected chi connectivity index (χ1v) is 7.64. The first kappa shape index (κ1) is 15.4. The number of rotatable bonds is 4. The molecule has 0 spiro atoms. The number of hydrogen-bond acceptors (Lipinski definition) is 6. The Balaban J connectivity index is 1.94. The number of pyridine rings is 2. The van der Waals surface area contributed by atoms with Gasteiger partial charge < -0.3 is 10.5 Å². The predicted octanol–water partition coefficient (Wildman–Crippen LogP) is 2.24. The van der Waals surface area contributed by atoms with Crippen molar-refractivity contribution in [2.24, 2.45) is 0 Å². The van der Waals surface area contributed by atoms with Crippen LogP contribution in [-0.4, -0.2) is 26.1 Å². The van der Waals surface area contributed by atoms with Crippen molar-refractivity contribution in [3.63, 3.8) is 0 Å². The molecule has 0 saturated heterocycles. The summed E-state index contributed by atoms with van der Waals surface area (Å²) in [6.07, 6.45) is 2.08. The second-order valence-electron chi connectivity index (χ2n) is 5.71. The van der Waals surface area contributed by atoms with Gasteiger partial charge in [-0.05, 0) is 31.0 Å². The highest BCUT2D eigenvalue weighted by Crippen LogP contribution is 2.39. The summed E-state index contributed by atoms with van der Waals surface area (Å²) in [5, 5.41) is 0.492. The van der Waals surface area contributed by atoms with E-state index in [1.807, 2.05) is 6.07 Å². The van der Waals surface area contributed by atoms with E-state index < -0.39 is 12.3 Å². The van der Waals surface area contributed by atoms with Crippen molar-refractivity contribution in [1.29, 1.82) is 0 Å². The van der Waals surface area contributed by atoms with Gasteiger partial charge in [-0.2, -0.15) is 18.7 Å². The van der Waals surface area contributed by atoms with Crippen LogP contribution in [0.5, 0.6) is 5.88 Å². The zero-order valence-corrected chi connectivity index (χ0v) is 12.9. The molecular weight excluding hydrogens is 332 g/mol. The number of alkyl halides is 2. The van der Waals surface area contributed by atoms with Crippen LogP contribution < -0.4 is 16.2 Å². The number of aromatic nitrogens is 4. The molecule has 3 heterocycles. The van der Waals surface area contributed by atoms with Crippen LogP contribution in [0.2, 0.25) is 0 Å². The van der Waals surface area contributed by atoms with Crippen molar-refractivity contribution >= 4 is 16.9 Å². The second-order valence-corrected chi connectivity index (χ2v) is 5.71. The molecule has 128 valence electrons. The van der Waals surface area contributed by atoms with Crippen LogP contribution in [0.4, 0.5) is 14.6 Å². The van der Waals surface area contributed by atoms with E-state index in [0.29, 0.717) is 17.0 Å². The number of nitrogen functional groups attached to an aromatic ring is 1. The first-order chi connectivity index (χ1) is 12.0. The molecule has 1 saturated carbocycles. The number of fused-ring (bicyclic) bond motifs is 1. The fraction of sp³-hybridized carbons (Fsp3) is 0.250. The molecule has 0 aliphatic heterocycles. The van der Waals surface area contributed by atoms with Gasteiger partial charge in [-0.25, -0.2) is 14.3 Å². The third-order valence-electron chi connectivity index (χ3n) is 3.94. The molecule has 0 unspecified atom stereocenters. The van der Waals surface area contributed by atoms with Crippen LogP contribution in [0, 0.1) is 0 Å². The fourth-order valence-electron chi connectivity index (χ4n) is 2.64. The zero-order chi connectivity index (χ0) is 17.6. The summed E-state index contributed by atoms with van der Waals surface area (Å²) in [5.74, 6) is 0.207. The summed E-state index contributed by atoms with van der Waals surface area (Å²) in [7, 11) is 0. The largest absolute Gasteiger partial charge is 0.417 e. The average Bonchev–Trinajstić information content (AvgIpc) is 3.39. The van der Waals surface area contributed by atoms with E-state index in [-0.39, 0.29) is 17.5 Å². The lowest BCUT2D eigenvalue weighted by molar-refractivity contribution is -0.0528. The van der Waals surface area contributed by atoms with Crippen molar-refractivity contribution in [1.82, 2.24) is 19.5 Å². The molecule has 1 fully saturated rings. The molecule has 25 heavy (non-hydrogen) atoms. The van der Waals surface area contributed by atoms with Crippen molar-refractivity contribution in [3.05, 3.63) is 46.5 Å². The predicted molar refractivity (Wildman–Crippen MR) is 85.9 cm³/mol. The minimum Gasteiger partial charge on any atom is -0.417 e. The van der Waals surface area contributed by atoms with Gasteiger partial charge in [0, 0.05) is 17.7 Å². The van der Waals surface area contributed by atoms with Gasteiger partial charge in [-0.3, -0.25) is 0 Å². The molecular formula is C16H13F2N5O2. The molecule has 0 aromatic carbocycles. The van der Waals surface area contributed by atoms with Crippen LogP contribution >= 0.6 is 0 Å². The zero-order valence-electron chi connectivity index (χ0n) is 12.9. The van der Waals surface area contributed by atoms with Crippen molar-refractivity contribution < 1.29 is 13.5 Å². The Bertz CT molecular complexity index is 1020. The van der Waals surface area contributed by atoms with Gasteiger partial charge in [0.05, 0.1) is 5.39 Å². The molecule has 0 atom stereocenters. The third kappa shape index (κ3) is 2.88. The van der Waals surface area contributed by atoms with Crippen LogP contribution in [0.1, 0.15) is 24.5 Å². The van der Waals surface area contributed by atoms with Crippen molar-refractivity contribution in [2.75, 3.05) is 5.73 Å². The van der Waals surface area contributed by atoms with Crippen molar-refractivity contribution in [2.45, 2.75) is 25.4 Å². The Kier molecular flexibility index (Phi) is 3.56. The summed E-state index contributed by atoms with van der Waals surface area (Å²) < 4.78 is 30.3. The molecule has 0 amide bonds. The highest BCUT2D eigenvalue weighted by atomic mass is 19.3. The molecule has 7 nitrogen and oxygen atoms in total. The number of anilines is 1. The summed E-state index contributed by atoms with van der Waals surface area (Å²) in [6.45, 7) is -3.01. The van der Waals surface area contributed by atoms with E-state index >= 15 is 0 Å². The number of nitrogens with zero attached hydrogens (tertiary/aromatic N) is 4. The number of halogens is 2. The van der Waals surface area contributed by atoms with E-state index in [2.05, 4.69) is 19.7 Å². The number of nitrogens with two attached hydrogens (primary N) is 1. The Morgan fingerprint density at radius 2 is 1.96 bits per heavy atom. The van der Waals surface area contributed by atoms with Gasteiger partial charge in [0.15, 0.2) is 5.65 Å². The van der Waals surface area contributed by atoms with Gasteiger partial charge >= 0.3 is 12.3 Å². The molecule has 0 radical (unpaired) electrons. The van der Waals surface area contributed by atoms with E-state index in [0.717, 1.165) is 23.1 Å². The molecule has 3 aromatic rings. The second kappa shape index (κ2) is 5.76. The first-order valence-electron chi connectivity index (χ1n) is 7.64. The summed E-state index contributed by atoms with van der Waals surface area (Å²) in [4.78, 5) is 24.7. The fourth-order valence-corrected chi connectivity index (χ4v) is 2.64. The maximum absolute atomic E-state index is 12.4. The minimum absolute atomic E-state index is 0.0612. The molecule has 2 N–H and O–H groups in total. The van der Waals surface area contributed by atoms with E-state index in [1.54, 1.807) is 6.07 Å². The van der Waals surface area contributed by atoms with E-state index in [4.69, 9.17) is 5.73 Å². The van der Waals surface area contributed by atoms with Gasteiger partial charge in [-0.15, -0.1) is 0 Å². The van der Waals surface area contributed by atoms with Crippen LogP contribution in [-0.2, 0) is 0 Å². The van der Waals surface area contributed by atoms with Gasteiger partial charge in [0.2, 0.25) is 5.88 Å². The molecule has 3 aromatic heterocycles. The SMILES string of the molecule is Nc1nc(=O)n(-c2cccc(OC(F)F)n2)c2nc(C3CC3)ccc12. The topological polar surface area (TPSA) is 95.9 Å². The lowest BCUT2D eigenvalue weighted by Crippen LogP contribution is -2.25. The van der Waals surface area contributed by atoms with Crippen LogP contribution in [0.3, 0.4) is 0 Å². The lowest BCUT2D eigenvalue weighted by Gasteiger charge is -2.11. The normalized spacial score (nSPS) is 14.2. The smallest absolute Gasteiger partial charge is 0.388 e. The van der Waals surface area contributed by atoms with Gasteiger partial charge in [0.25, 0.3) is 0 Å². The van der Waals surface area contributed by atoms with E-state index in [9.17, 15) is 13.6 Å². The molecule has 0 bridgehead atoms.